The third kappa shape index (κ3) is 5.54. The standard InChI is InChI=1S/C20H26N4.C2HF3O2/c1-15-4-5-17-18-6-7-22-16(2)20(18)24(19(17)14-15)11-3-10-23-12-8-21-9-13-23;3-2(4,5)1(6)7/h4-7,14,21H,3,8-13H2,1-2H3;(H,6,7). The molecule has 3 aromatic rings. The first-order valence-electron chi connectivity index (χ1n) is 10.3. The number of aliphatic carboxylic acids is 1. The van der Waals surface area contributed by atoms with Crippen LogP contribution in [0.3, 0.4) is 0 Å². The van der Waals surface area contributed by atoms with Crippen molar-refractivity contribution in [3.8, 4) is 0 Å². The fourth-order valence-electron chi connectivity index (χ4n) is 3.95. The summed E-state index contributed by atoms with van der Waals surface area (Å²) < 4.78 is 34.2. The van der Waals surface area contributed by atoms with E-state index in [9.17, 15) is 13.2 Å². The van der Waals surface area contributed by atoms with Gasteiger partial charge in [0, 0.05) is 55.2 Å². The number of nitrogens with one attached hydrogen (secondary N) is 1. The maximum absolute atomic E-state index is 10.6. The van der Waals surface area contributed by atoms with E-state index >= 15 is 0 Å². The van der Waals surface area contributed by atoms with Crippen molar-refractivity contribution < 1.29 is 23.1 Å². The number of halogens is 3. The van der Waals surface area contributed by atoms with Gasteiger partial charge in [-0.3, -0.25) is 4.98 Å². The second-order valence-electron chi connectivity index (χ2n) is 7.71. The Kier molecular flexibility index (Phi) is 7.17. The third-order valence-corrected chi connectivity index (χ3v) is 5.42. The summed E-state index contributed by atoms with van der Waals surface area (Å²) in [4.78, 5) is 16.0. The first kappa shape index (κ1) is 23.0. The van der Waals surface area contributed by atoms with Crippen LogP contribution >= 0.6 is 0 Å². The van der Waals surface area contributed by atoms with Crippen LogP contribution in [-0.4, -0.2) is 64.4 Å². The van der Waals surface area contributed by atoms with E-state index in [4.69, 9.17) is 9.90 Å². The Hall–Kier alpha value is -2.65. The molecule has 1 aliphatic heterocycles. The van der Waals surface area contributed by atoms with E-state index < -0.39 is 12.1 Å². The van der Waals surface area contributed by atoms with Crippen LogP contribution in [0.1, 0.15) is 17.7 Å². The maximum Gasteiger partial charge on any atom is 0.490 e. The number of carbonyl (C=O) groups is 1. The minimum atomic E-state index is -5.08. The lowest BCUT2D eigenvalue weighted by Crippen LogP contribution is -2.43. The van der Waals surface area contributed by atoms with Crippen LogP contribution in [0.4, 0.5) is 13.2 Å². The van der Waals surface area contributed by atoms with Crippen LogP contribution in [0.15, 0.2) is 30.5 Å². The van der Waals surface area contributed by atoms with Crippen LogP contribution in [0.2, 0.25) is 0 Å². The Balaban J connectivity index is 0.000000339. The number of carboxylic acid groups (broad SMARTS) is 1. The van der Waals surface area contributed by atoms with Gasteiger partial charge in [0.2, 0.25) is 0 Å². The molecule has 0 atom stereocenters. The minimum absolute atomic E-state index is 1.06. The van der Waals surface area contributed by atoms with Gasteiger partial charge in [-0.05, 0) is 44.5 Å². The van der Waals surface area contributed by atoms with Crippen molar-refractivity contribution in [3.63, 3.8) is 0 Å². The average molecular weight is 436 g/mol. The van der Waals surface area contributed by atoms with Crippen molar-refractivity contribution in [2.45, 2.75) is 33.0 Å². The average Bonchev–Trinajstić information content (AvgIpc) is 3.03. The predicted molar refractivity (Wildman–Crippen MR) is 114 cm³/mol. The monoisotopic (exact) mass is 436 g/mol. The van der Waals surface area contributed by atoms with Crippen LogP contribution in [0.5, 0.6) is 0 Å². The quantitative estimate of drug-likeness (QED) is 0.652. The van der Waals surface area contributed by atoms with Gasteiger partial charge in [0.05, 0.1) is 11.2 Å². The van der Waals surface area contributed by atoms with Gasteiger partial charge >= 0.3 is 12.1 Å². The molecular weight excluding hydrogens is 409 g/mol. The smallest absolute Gasteiger partial charge is 0.475 e. The highest BCUT2D eigenvalue weighted by Crippen LogP contribution is 2.31. The zero-order valence-corrected chi connectivity index (χ0v) is 17.7. The molecule has 1 saturated heterocycles. The number of nitrogens with zero attached hydrogens (tertiary/aromatic N) is 3. The molecule has 0 bridgehead atoms. The summed E-state index contributed by atoms with van der Waals surface area (Å²) in [6, 6.07) is 8.95. The van der Waals surface area contributed by atoms with Crippen LogP contribution in [0.25, 0.3) is 21.8 Å². The van der Waals surface area contributed by atoms with Crippen molar-refractivity contribution in [1.82, 2.24) is 19.8 Å². The lowest BCUT2D eigenvalue weighted by molar-refractivity contribution is -0.192. The number of hydrogen-bond donors (Lipinski definition) is 2. The molecule has 31 heavy (non-hydrogen) atoms. The Morgan fingerprint density at radius 3 is 2.45 bits per heavy atom. The Morgan fingerprint density at radius 1 is 1.13 bits per heavy atom. The molecule has 0 amide bonds. The SMILES string of the molecule is Cc1ccc2c3ccnc(C)c3n(CCCN3CCNCC3)c2c1.O=C(O)C(F)(F)F. The lowest BCUT2D eigenvalue weighted by Gasteiger charge is -2.27. The molecule has 0 unspecified atom stereocenters. The Bertz CT molecular complexity index is 1060. The van der Waals surface area contributed by atoms with E-state index in [0.29, 0.717) is 0 Å². The molecule has 0 aliphatic carbocycles. The van der Waals surface area contributed by atoms with Crippen LogP contribution < -0.4 is 5.32 Å². The molecule has 0 radical (unpaired) electrons. The van der Waals surface area contributed by atoms with Gasteiger partial charge in [0.1, 0.15) is 0 Å². The van der Waals surface area contributed by atoms with Crippen LogP contribution in [0, 0.1) is 13.8 Å². The first-order chi connectivity index (χ1) is 14.7. The molecule has 6 nitrogen and oxygen atoms in total. The summed E-state index contributed by atoms with van der Waals surface area (Å²) >= 11 is 0. The lowest BCUT2D eigenvalue weighted by atomic mass is 10.1. The fraction of sp³-hybridized carbons (Fsp3) is 0.455. The van der Waals surface area contributed by atoms with E-state index in [1.807, 2.05) is 6.20 Å². The normalized spacial score (nSPS) is 15.1. The Labute approximate surface area is 178 Å². The van der Waals surface area contributed by atoms with E-state index in [2.05, 4.69) is 57.9 Å². The second-order valence-corrected chi connectivity index (χ2v) is 7.71. The van der Waals surface area contributed by atoms with Gasteiger partial charge in [0.15, 0.2) is 0 Å². The molecule has 0 saturated carbocycles. The van der Waals surface area contributed by atoms with E-state index in [1.165, 1.54) is 53.4 Å². The maximum atomic E-state index is 10.6. The number of pyridine rings is 1. The summed E-state index contributed by atoms with van der Waals surface area (Å²) in [6.45, 7) is 11.1. The highest BCUT2D eigenvalue weighted by Gasteiger charge is 2.38. The van der Waals surface area contributed by atoms with Gasteiger partial charge in [-0.2, -0.15) is 13.2 Å². The second kappa shape index (κ2) is 9.65. The van der Waals surface area contributed by atoms with Gasteiger partial charge in [-0.25, -0.2) is 4.79 Å². The molecule has 4 rings (SSSR count). The summed E-state index contributed by atoms with van der Waals surface area (Å²) in [5.74, 6) is -2.76. The highest BCUT2D eigenvalue weighted by atomic mass is 19.4. The molecule has 2 N–H and O–H groups in total. The summed E-state index contributed by atoms with van der Waals surface area (Å²) in [7, 11) is 0. The molecular formula is C22H27F3N4O2. The largest absolute Gasteiger partial charge is 0.490 e. The zero-order chi connectivity index (χ0) is 22.6. The molecule has 1 fully saturated rings. The predicted octanol–water partition coefficient (Wildman–Crippen LogP) is 3.73. The van der Waals surface area contributed by atoms with Crippen molar-refractivity contribution in [1.29, 1.82) is 0 Å². The highest BCUT2D eigenvalue weighted by molar-refractivity contribution is 6.08. The molecule has 9 heteroatoms. The molecule has 2 aromatic heterocycles. The number of benzene rings is 1. The zero-order valence-electron chi connectivity index (χ0n) is 17.7. The minimum Gasteiger partial charge on any atom is -0.475 e. The fourth-order valence-corrected chi connectivity index (χ4v) is 3.95. The third-order valence-electron chi connectivity index (χ3n) is 5.42. The number of fused-ring (bicyclic) bond motifs is 3. The van der Waals surface area contributed by atoms with Crippen molar-refractivity contribution >= 4 is 27.8 Å². The number of hydrogen-bond acceptors (Lipinski definition) is 4. The first-order valence-corrected chi connectivity index (χ1v) is 10.3. The number of carboxylic acids is 1. The van der Waals surface area contributed by atoms with Crippen LogP contribution in [-0.2, 0) is 11.3 Å². The molecule has 1 aromatic carbocycles. The van der Waals surface area contributed by atoms with Crippen molar-refractivity contribution in [3.05, 3.63) is 41.7 Å². The van der Waals surface area contributed by atoms with E-state index in [-0.39, 0.29) is 0 Å². The van der Waals surface area contributed by atoms with Gasteiger partial charge < -0.3 is 19.9 Å². The molecule has 1 aliphatic rings. The van der Waals surface area contributed by atoms with Crippen molar-refractivity contribution in [2.24, 2.45) is 0 Å². The van der Waals surface area contributed by atoms with Gasteiger partial charge in [-0.1, -0.05) is 12.1 Å². The summed E-state index contributed by atoms with van der Waals surface area (Å²) in [5.41, 5.74) is 5.10. The molecule has 0 spiro atoms. The number of alkyl halides is 3. The number of rotatable bonds is 4. The van der Waals surface area contributed by atoms with E-state index in [1.54, 1.807) is 0 Å². The summed E-state index contributed by atoms with van der Waals surface area (Å²) in [5, 5.41) is 13.2. The van der Waals surface area contributed by atoms with Gasteiger partial charge in [-0.15, -0.1) is 0 Å². The number of piperazine rings is 1. The van der Waals surface area contributed by atoms with Crippen molar-refractivity contribution in [2.75, 3.05) is 32.7 Å². The Morgan fingerprint density at radius 2 is 1.81 bits per heavy atom. The molecule has 168 valence electrons. The van der Waals surface area contributed by atoms with Gasteiger partial charge in [0.25, 0.3) is 0 Å². The number of aromatic nitrogens is 2. The topological polar surface area (TPSA) is 70.4 Å². The molecule has 3 heterocycles. The van der Waals surface area contributed by atoms with E-state index in [0.717, 1.165) is 25.3 Å². The number of aryl methyl sites for hydroxylation is 3. The summed E-state index contributed by atoms with van der Waals surface area (Å²) in [6.07, 6.45) is -1.97.